The van der Waals surface area contributed by atoms with Gasteiger partial charge in [-0.1, -0.05) is 0 Å². The molecule has 2 N–H and O–H groups in total. The van der Waals surface area contributed by atoms with E-state index in [0.29, 0.717) is 17.1 Å². The molecule has 3 aromatic rings. The SMILES string of the molecule is CN(c1ccc(-c2ccc(-n3ccnc3)cc2O)nn1)[C@H]1C2CC[C@](C)(NC2)[C@@H]1F. The van der Waals surface area contributed by atoms with Crippen LogP contribution in [0.3, 0.4) is 0 Å². The van der Waals surface area contributed by atoms with Crippen molar-refractivity contribution in [3.63, 3.8) is 0 Å². The van der Waals surface area contributed by atoms with E-state index < -0.39 is 11.7 Å². The number of fused-ring (bicyclic) bond motifs is 3. The Morgan fingerprint density at radius 3 is 2.77 bits per heavy atom. The first-order valence-electron chi connectivity index (χ1n) is 10.2. The lowest BCUT2D eigenvalue weighted by Crippen LogP contribution is -2.70. The molecular weight excluding hydrogens is 383 g/mol. The molecule has 156 valence electrons. The summed E-state index contributed by atoms with van der Waals surface area (Å²) < 4.78 is 17.0. The lowest BCUT2D eigenvalue weighted by molar-refractivity contribution is 0.0102. The van der Waals surface area contributed by atoms with Gasteiger partial charge in [0.15, 0.2) is 5.82 Å². The molecule has 4 atom stereocenters. The van der Waals surface area contributed by atoms with Crippen LogP contribution in [0.25, 0.3) is 16.9 Å². The van der Waals surface area contributed by atoms with Crippen molar-refractivity contribution in [1.29, 1.82) is 0 Å². The molecule has 1 aliphatic carbocycles. The molecule has 1 aromatic carbocycles. The number of alkyl halides is 1. The van der Waals surface area contributed by atoms with Crippen molar-refractivity contribution in [1.82, 2.24) is 25.1 Å². The predicted octanol–water partition coefficient (Wildman–Crippen LogP) is 2.95. The molecule has 0 amide bonds. The first-order chi connectivity index (χ1) is 14.5. The minimum atomic E-state index is -0.962. The topological polar surface area (TPSA) is 79.1 Å². The number of nitrogens with zero attached hydrogens (tertiary/aromatic N) is 5. The van der Waals surface area contributed by atoms with E-state index in [4.69, 9.17) is 0 Å². The number of hydrogen-bond acceptors (Lipinski definition) is 6. The van der Waals surface area contributed by atoms with Crippen LogP contribution < -0.4 is 10.2 Å². The first-order valence-corrected chi connectivity index (χ1v) is 10.2. The molecule has 2 aliphatic heterocycles. The molecule has 2 bridgehead atoms. The maximum absolute atomic E-state index is 15.2. The van der Waals surface area contributed by atoms with E-state index in [9.17, 15) is 5.11 Å². The smallest absolute Gasteiger partial charge is 0.151 e. The standard InChI is InChI=1S/C22H25FN6O/c1-22-8-7-14(12-25-22)20(21(22)23)28(2)19-6-5-17(26-27-19)16-4-3-15(11-18(16)30)29-10-9-24-13-29/h3-6,9-11,13-14,20-21,25,30H,7-8,12H2,1-2H3/t14?,20-,21+,22-/m0/s1. The number of rotatable bonds is 4. The van der Waals surface area contributed by atoms with E-state index in [-0.39, 0.29) is 17.7 Å². The Bertz CT molecular complexity index is 1030. The summed E-state index contributed by atoms with van der Waals surface area (Å²) in [6.45, 7) is 2.80. The minimum absolute atomic E-state index is 0.115. The fraction of sp³-hybridized carbons (Fsp3) is 0.409. The molecule has 3 aliphatic rings. The van der Waals surface area contributed by atoms with Crippen molar-refractivity contribution in [2.24, 2.45) is 5.92 Å². The Labute approximate surface area is 174 Å². The van der Waals surface area contributed by atoms with Gasteiger partial charge in [0.1, 0.15) is 11.9 Å². The molecule has 1 saturated carbocycles. The van der Waals surface area contributed by atoms with Crippen LogP contribution in [0.4, 0.5) is 10.2 Å². The number of hydrogen-bond donors (Lipinski definition) is 2. The van der Waals surface area contributed by atoms with Gasteiger partial charge in [-0.3, -0.25) is 0 Å². The van der Waals surface area contributed by atoms with Gasteiger partial charge in [0, 0.05) is 43.2 Å². The van der Waals surface area contributed by atoms with Crippen LogP contribution in [0.15, 0.2) is 49.1 Å². The molecule has 4 heterocycles. The van der Waals surface area contributed by atoms with E-state index in [1.54, 1.807) is 18.6 Å². The van der Waals surface area contributed by atoms with Gasteiger partial charge in [-0.2, -0.15) is 0 Å². The summed E-state index contributed by atoms with van der Waals surface area (Å²) in [7, 11) is 1.89. The molecule has 2 aromatic heterocycles. The monoisotopic (exact) mass is 408 g/mol. The molecule has 30 heavy (non-hydrogen) atoms. The van der Waals surface area contributed by atoms with Gasteiger partial charge in [0.05, 0.1) is 23.8 Å². The van der Waals surface area contributed by atoms with E-state index in [0.717, 1.165) is 25.1 Å². The highest BCUT2D eigenvalue weighted by Gasteiger charge is 2.53. The van der Waals surface area contributed by atoms with Crippen molar-refractivity contribution in [2.75, 3.05) is 18.5 Å². The van der Waals surface area contributed by atoms with Gasteiger partial charge in [-0.05, 0) is 49.9 Å². The van der Waals surface area contributed by atoms with Crippen LogP contribution in [0.2, 0.25) is 0 Å². The number of halogens is 1. The van der Waals surface area contributed by atoms with Crippen LogP contribution in [0.5, 0.6) is 5.75 Å². The molecule has 2 saturated heterocycles. The van der Waals surface area contributed by atoms with Crippen molar-refractivity contribution in [3.8, 4) is 22.7 Å². The third kappa shape index (κ3) is 3.02. The Morgan fingerprint density at radius 1 is 1.27 bits per heavy atom. The van der Waals surface area contributed by atoms with Crippen molar-refractivity contribution >= 4 is 5.82 Å². The van der Waals surface area contributed by atoms with Crippen LogP contribution >= 0.6 is 0 Å². The average Bonchev–Trinajstić information content (AvgIpc) is 3.30. The third-order valence-electron chi connectivity index (χ3n) is 6.71. The molecule has 0 radical (unpaired) electrons. The van der Waals surface area contributed by atoms with Crippen molar-refractivity contribution in [2.45, 2.75) is 37.5 Å². The van der Waals surface area contributed by atoms with E-state index >= 15 is 4.39 Å². The lowest BCUT2D eigenvalue weighted by atomic mass is 9.68. The predicted molar refractivity (Wildman–Crippen MR) is 112 cm³/mol. The summed E-state index contributed by atoms with van der Waals surface area (Å²) in [5, 5.41) is 22.5. The molecule has 1 unspecified atom stereocenters. The average molecular weight is 408 g/mol. The van der Waals surface area contributed by atoms with Crippen molar-refractivity contribution < 1.29 is 9.50 Å². The lowest BCUT2D eigenvalue weighted by Gasteiger charge is -2.54. The summed E-state index contributed by atoms with van der Waals surface area (Å²) in [4.78, 5) is 5.94. The van der Waals surface area contributed by atoms with Gasteiger partial charge >= 0.3 is 0 Å². The molecule has 7 nitrogen and oxygen atoms in total. The molecule has 8 heteroatoms. The van der Waals surface area contributed by atoms with E-state index in [1.165, 1.54) is 0 Å². The summed E-state index contributed by atoms with van der Waals surface area (Å²) in [5.41, 5.74) is 1.50. The van der Waals surface area contributed by atoms with Crippen LogP contribution in [0, 0.1) is 5.92 Å². The number of phenols is 1. The second kappa shape index (κ2) is 7.05. The van der Waals surface area contributed by atoms with Crippen LogP contribution in [-0.2, 0) is 0 Å². The highest BCUT2D eigenvalue weighted by molar-refractivity contribution is 5.69. The maximum atomic E-state index is 15.2. The fourth-order valence-corrected chi connectivity index (χ4v) is 4.81. The molecule has 6 rings (SSSR count). The first kappa shape index (κ1) is 19.0. The molecular formula is C22H25FN6O. The summed E-state index contributed by atoms with van der Waals surface area (Å²) in [5.74, 6) is 1.01. The zero-order chi connectivity index (χ0) is 20.9. The third-order valence-corrected chi connectivity index (χ3v) is 6.71. The Kier molecular flexibility index (Phi) is 4.47. The second-order valence-corrected chi connectivity index (χ2v) is 8.55. The number of aromatic nitrogens is 4. The van der Waals surface area contributed by atoms with Crippen LogP contribution in [-0.4, -0.2) is 56.2 Å². The number of imidazole rings is 1. The minimum Gasteiger partial charge on any atom is -0.507 e. The number of phenolic OH excluding ortho intramolecular Hbond substituents is 1. The number of anilines is 1. The number of nitrogens with one attached hydrogen (secondary N) is 1. The summed E-state index contributed by atoms with van der Waals surface area (Å²) >= 11 is 0. The summed E-state index contributed by atoms with van der Waals surface area (Å²) in [6.07, 6.45) is 6.08. The Balaban J connectivity index is 1.38. The quantitative estimate of drug-likeness (QED) is 0.691. The van der Waals surface area contributed by atoms with Gasteiger partial charge in [0.2, 0.25) is 0 Å². The van der Waals surface area contributed by atoms with Gasteiger partial charge < -0.3 is 19.9 Å². The van der Waals surface area contributed by atoms with E-state index in [2.05, 4.69) is 20.5 Å². The largest absolute Gasteiger partial charge is 0.507 e. The summed E-state index contributed by atoms with van der Waals surface area (Å²) in [6, 6.07) is 8.81. The van der Waals surface area contributed by atoms with Gasteiger partial charge in [0.25, 0.3) is 0 Å². The van der Waals surface area contributed by atoms with Crippen LogP contribution in [0.1, 0.15) is 19.8 Å². The molecule has 0 spiro atoms. The zero-order valence-electron chi connectivity index (χ0n) is 17.0. The highest BCUT2D eigenvalue weighted by Crippen LogP contribution is 2.42. The van der Waals surface area contributed by atoms with Gasteiger partial charge in [-0.25, -0.2) is 9.37 Å². The number of benzene rings is 1. The highest BCUT2D eigenvalue weighted by atomic mass is 19.1. The fourth-order valence-electron chi connectivity index (χ4n) is 4.81. The number of aromatic hydroxyl groups is 1. The van der Waals surface area contributed by atoms with Crippen molar-refractivity contribution in [3.05, 3.63) is 49.1 Å². The zero-order valence-corrected chi connectivity index (χ0v) is 17.0. The number of piperidine rings is 2. The molecule has 3 fully saturated rings. The Hall–Kier alpha value is -3.00. The normalized spacial score (nSPS) is 27.9. The van der Waals surface area contributed by atoms with E-state index in [1.807, 2.05) is 53.9 Å². The van der Waals surface area contributed by atoms with Gasteiger partial charge in [-0.15, -0.1) is 10.2 Å². The Morgan fingerprint density at radius 2 is 2.13 bits per heavy atom. The second-order valence-electron chi connectivity index (χ2n) is 8.55. The maximum Gasteiger partial charge on any atom is 0.151 e.